The highest BCUT2D eigenvalue weighted by Crippen LogP contribution is 2.32. The normalized spacial score (nSPS) is 12.0. The first kappa shape index (κ1) is 31.0. The molecule has 3 aromatic rings. The number of nitrogens with one attached hydrogen (secondary N) is 1. The molecule has 6 heteroatoms. The topological polar surface area (TPSA) is 69.6 Å². The Hall–Kier alpha value is -3.54. The first-order valence-electron chi connectivity index (χ1n) is 14.7. The van der Waals surface area contributed by atoms with Crippen LogP contribution in [0.4, 0.5) is 5.69 Å². The average molecular weight is 547 g/mol. The summed E-state index contributed by atoms with van der Waals surface area (Å²) < 4.78 is 13.2. The van der Waals surface area contributed by atoms with Crippen LogP contribution < -0.4 is 10.1 Å². The molecular formula is C34H46N2O4. The largest absolute Gasteiger partial charge is 0.491 e. The summed E-state index contributed by atoms with van der Waals surface area (Å²) in [4.78, 5) is 24.6. The van der Waals surface area contributed by atoms with Gasteiger partial charge in [0.2, 0.25) is 5.91 Å². The summed E-state index contributed by atoms with van der Waals surface area (Å²) in [6.07, 6.45) is 7.78. The van der Waals surface area contributed by atoms with Crippen LogP contribution in [-0.4, -0.2) is 29.7 Å². The van der Waals surface area contributed by atoms with E-state index >= 15 is 0 Å². The Morgan fingerprint density at radius 2 is 1.70 bits per heavy atom. The van der Waals surface area contributed by atoms with E-state index in [-0.39, 0.29) is 11.9 Å². The van der Waals surface area contributed by atoms with Crippen molar-refractivity contribution in [1.82, 2.24) is 4.57 Å². The minimum absolute atomic E-state index is 0.203. The third-order valence-electron chi connectivity index (χ3n) is 6.89. The van der Waals surface area contributed by atoms with Crippen LogP contribution in [0.1, 0.15) is 85.3 Å². The number of para-hydroxylation sites is 2. The lowest BCUT2D eigenvalue weighted by molar-refractivity contribution is -0.143. The fourth-order valence-electron chi connectivity index (χ4n) is 5.14. The molecule has 1 amide bonds. The van der Waals surface area contributed by atoms with E-state index < -0.39 is 0 Å². The van der Waals surface area contributed by atoms with Crippen molar-refractivity contribution in [3.05, 3.63) is 66.4 Å². The number of fused-ring (bicyclic) bond motifs is 1. The predicted molar refractivity (Wildman–Crippen MR) is 165 cm³/mol. The molecule has 1 heterocycles. The summed E-state index contributed by atoms with van der Waals surface area (Å²) in [5.74, 6) is 1.41. The maximum atomic E-state index is 13.1. The van der Waals surface area contributed by atoms with E-state index in [0.717, 1.165) is 30.4 Å². The van der Waals surface area contributed by atoms with Gasteiger partial charge in [-0.05, 0) is 85.9 Å². The monoisotopic (exact) mass is 546 g/mol. The van der Waals surface area contributed by atoms with Crippen molar-refractivity contribution in [1.29, 1.82) is 0 Å². The third kappa shape index (κ3) is 9.00. The van der Waals surface area contributed by atoms with Crippen molar-refractivity contribution in [2.24, 2.45) is 11.8 Å². The summed E-state index contributed by atoms with van der Waals surface area (Å²) >= 11 is 0. The van der Waals surface area contributed by atoms with E-state index in [1.807, 2.05) is 24.3 Å². The second kappa shape index (κ2) is 15.3. The lowest BCUT2D eigenvalue weighted by Gasteiger charge is -2.24. The van der Waals surface area contributed by atoms with Crippen LogP contribution in [0, 0.1) is 11.8 Å². The number of hydrogen-bond acceptors (Lipinski definition) is 4. The molecule has 0 unspecified atom stereocenters. The highest BCUT2D eigenvalue weighted by Gasteiger charge is 2.17. The van der Waals surface area contributed by atoms with E-state index in [1.54, 1.807) is 13.0 Å². The van der Waals surface area contributed by atoms with Gasteiger partial charge < -0.3 is 19.4 Å². The SMILES string of the molecule is CCOC(=O)CCCOc1ccccc1NC(=O)/C=C(\CC)c1ccc2c(ccn2C(CC(C)C)CC(C)C)c1. The molecule has 216 valence electrons. The quantitative estimate of drug-likeness (QED) is 0.118. The molecule has 0 radical (unpaired) electrons. The van der Waals surface area contributed by atoms with Gasteiger partial charge in [0.05, 0.1) is 18.9 Å². The molecular weight excluding hydrogens is 500 g/mol. The molecule has 0 spiro atoms. The van der Waals surface area contributed by atoms with E-state index in [9.17, 15) is 9.59 Å². The molecule has 0 saturated carbocycles. The molecule has 0 atom stereocenters. The number of carbonyl (C=O) groups is 2. The van der Waals surface area contributed by atoms with E-state index in [0.29, 0.717) is 55.4 Å². The molecule has 0 bridgehead atoms. The number of esters is 1. The van der Waals surface area contributed by atoms with Crippen molar-refractivity contribution in [2.75, 3.05) is 18.5 Å². The molecule has 2 aromatic carbocycles. The molecule has 0 aliphatic carbocycles. The summed E-state index contributed by atoms with van der Waals surface area (Å²) in [6, 6.07) is 16.5. The van der Waals surface area contributed by atoms with Gasteiger partial charge in [0.15, 0.2) is 0 Å². The molecule has 0 fully saturated rings. The van der Waals surface area contributed by atoms with Crippen LogP contribution in [0.3, 0.4) is 0 Å². The lowest BCUT2D eigenvalue weighted by Crippen LogP contribution is -2.13. The van der Waals surface area contributed by atoms with Gasteiger partial charge >= 0.3 is 5.97 Å². The first-order valence-corrected chi connectivity index (χ1v) is 14.7. The van der Waals surface area contributed by atoms with Gasteiger partial charge in [-0.3, -0.25) is 9.59 Å². The van der Waals surface area contributed by atoms with Crippen molar-refractivity contribution < 1.29 is 19.1 Å². The molecule has 0 aliphatic rings. The number of carbonyl (C=O) groups excluding carboxylic acids is 2. The highest BCUT2D eigenvalue weighted by molar-refractivity contribution is 6.05. The fraction of sp³-hybridized carbons (Fsp3) is 0.471. The number of benzene rings is 2. The lowest BCUT2D eigenvalue weighted by atomic mass is 9.95. The van der Waals surface area contributed by atoms with E-state index in [4.69, 9.17) is 9.47 Å². The fourth-order valence-corrected chi connectivity index (χ4v) is 5.14. The van der Waals surface area contributed by atoms with Gasteiger partial charge in [-0.2, -0.15) is 0 Å². The summed E-state index contributed by atoms with van der Waals surface area (Å²) in [5.41, 5.74) is 3.87. The Kier molecular flexibility index (Phi) is 11.9. The number of hydrogen-bond donors (Lipinski definition) is 1. The Balaban J connectivity index is 1.73. The molecule has 0 aliphatic heterocycles. The van der Waals surface area contributed by atoms with Crippen LogP contribution in [0.5, 0.6) is 5.75 Å². The number of nitrogens with zero attached hydrogens (tertiary/aromatic N) is 1. The van der Waals surface area contributed by atoms with Gasteiger partial charge in [0, 0.05) is 35.6 Å². The Morgan fingerprint density at radius 3 is 2.38 bits per heavy atom. The predicted octanol–water partition coefficient (Wildman–Crippen LogP) is 8.43. The van der Waals surface area contributed by atoms with Gasteiger partial charge in [-0.1, -0.05) is 52.8 Å². The summed E-state index contributed by atoms with van der Waals surface area (Å²) in [6.45, 7) is 13.7. The first-order chi connectivity index (χ1) is 19.2. The minimum atomic E-state index is -0.231. The zero-order valence-electron chi connectivity index (χ0n) is 25.0. The smallest absolute Gasteiger partial charge is 0.305 e. The Morgan fingerprint density at radius 1 is 0.975 bits per heavy atom. The average Bonchev–Trinajstić information content (AvgIpc) is 3.33. The standard InChI is InChI=1S/C34H46N2O4/c1-7-26(23-33(37)35-30-12-9-10-13-32(30)40-19-11-14-34(38)39-8-2)27-15-16-31-28(22-27)17-18-36(31)29(20-24(3)4)21-25(5)6/h9-10,12-13,15-18,22-25,29H,7-8,11,14,19-21H2,1-6H3,(H,35,37)/b26-23+. The van der Waals surface area contributed by atoms with Crippen molar-refractivity contribution in [3.8, 4) is 5.75 Å². The highest BCUT2D eigenvalue weighted by atomic mass is 16.5. The number of aromatic nitrogens is 1. The maximum absolute atomic E-state index is 13.1. The number of amides is 1. The number of ether oxygens (including phenoxy) is 2. The number of anilines is 1. The van der Waals surface area contributed by atoms with Crippen molar-refractivity contribution in [2.45, 2.75) is 79.7 Å². The summed E-state index contributed by atoms with van der Waals surface area (Å²) in [5, 5.41) is 4.16. The maximum Gasteiger partial charge on any atom is 0.305 e. The minimum Gasteiger partial charge on any atom is -0.491 e. The van der Waals surface area contributed by atoms with E-state index in [2.05, 4.69) is 75.0 Å². The van der Waals surface area contributed by atoms with Crippen LogP contribution >= 0.6 is 0 Å². The Bertz CT molecular complexity index is 1280. The molecule has 1 aromatic heterocycles. The van der Waals surface area contributed by atoms with Crippen LogP contribution in [0.2, 0.25) is 0 Å². The van der Waals surface area contributed by atoms with Crippen LogP contribution in [0.15, 0.2) is 60.8 Å². The Labute approximate surface area is 239 Å². The zero-order valence-corrected chi connectivity index (χ0v) is 25.0. The number of allylic oxidation sites excluding steroid dienone is 1. The van der Waals surface area contributed by atoms with Gasteiger partial charge in [0.1, 0.15) is 5.75 Å². The van der Waals surface area contributed by atoms with E-state index in [1.165, 1.54) is 10.9 Å². The van der Waals surface area contributed by atoms with Gasteiger partial charge in [-0.15, -0.1) is 0 Å². The van der Waals surface area contributed by atoms with Crippen LogP contribution in [0.25, 0.3) is 16.5 Å². The zero-order chi connectivity index (χ0) is 29.1. The van der Waals surface area contributed by atoms with Crippen molar-refractivity contribution in [3.63, 3.8) is 0 Å². The van der Waals surface area contributed by atoms with Gasteiger partial charge in [-0.25, -0.2) is 0 Å². The second-order valence-electron chi connectivity index (χ2n) is 11.2. The molecule has 1 N–H and O–H groups in total. The molecule has 3 rings (SSSR count). The van der Waals surface area contributed by atoms with Gasteiger partial charge in [0.25, 0.3) is 0 Å². The molecule has 6 nitrogen and oxygen atoms in total. The summed E-state index contributed by atoms with van der Waals surface area (Å²) in [7, 11) is 0. The second-order valence-corrected chi connectivity index (χ2v) is 11.2. The molecule has 0 saturated heterocycles. The third-order valence-corrected chi connectivity index (χ3v) is 6.89. The number of rotatable bonds is 15. The van der Waals surface area contributed by atoms with Crippen molar-refractivity contribution >= 4 is 34.0 Å². The van der Waals surface area contributed by atoms with Crippen LogP contribution in [-0.2, 0) is 14.3 Å². The molecule has 40 heavy (non-hydrogen) atoms.